The minimum absolute atomic E-state index is 0.462. The molecule has 2 N–H and O–H groups in total. The Hall–Kier alpha value is -1.10. The summed E-state index contributed by atoms with van der Waals surface area (Å²) in [6.07, 6.45) is 5.73. The summed E-state index contributed by atoms with van der Waals surface area (Å²) in [6, 6.07) is 5.01. The smallest absolute Gasteiger partial charge is 0.153 e. The van der Waals surface area contributed by atoms with Gasteiger partial charge in [-0.15, -0.1) is 0 Å². The summed E-state index contributed by atoms with van der Waals surface area (Å²) in [5, 5.41) is 16.3. The van der Waals surface area contributed by atoms with E-state index < -0.39 is 5.60 Å². The van der Waals surface area contributed by atoms with Crippen molar-refractivity contribution in [3.8, 4) is 0 Å². The SMILES string of the molecule is Cc1cc2ccnc(Cl)c2n1CC1(O)C[C@H]2CC[C@@H](C1)N2. The van der Waals surface area contributed by atoms with Gasteiger partial charge in [0.15, 0.2) is 5.15 Å². The van der Waals surface area contributed by atoms with Gasteiger partial charge in [-0.25, -0.2) is 4.98 Å². The number of nitrogens with one attached hydrogen (secondary N) is 1. The second kappa shape index (κ2) is 4.70. The molecule has 2 fully saturated rings. The largest absolute Gasteiger partial charge is 0.388 e. The summed E-state index contributed by atoms with van der Waals surface area (Å²) in [6.45, 7) is 2.66. The minimum Gasteiger partial charge on any atom is -0.388 e. The molecule has 21 heavy (non-hydrogen) atoms. The van der Waals surface area contributed by atoms with Crippen molar-refractivity contribution in [2.75, 3.05) is 0 Å². The molecule has 4 nitrogen and oxygen atoms in total. The molecule has 0 aromatic carbocycles. The van der Waals surface area contributed by atoms with E-state index in [1.165, 1.54) is 12.8 Å². The third-order valence-corrected chi connectivity index (χ3v) is 5.29. The summed E-state index contributed by atoms with van der Waals surface area (Å²) in [7, 11) is 0. The van der Waals surface area contributed by atoms with E-state index in [1.54, 1.807) is 6.20 Å². The zero-order valence-corrected chi connectivity index (χ0v) is 12.9. The fourth-order valence-corrected chi connectivity index (χ4v) is 4.42. The lowest BCUT2D eigenvalue weighted by atomic mass is 9.87. The van der Waals surface area contributed by atoms with Crippen LogP contribution in [0.5, 0.6) is 0 Å². The average molecular weight is 306 g/mol. The van der Waals surface area contributed by atoms with Crippen LogP contribution in [0.25, 0.3) is 10.9 Å². The number of nitrogens with zero attached hydrogens (tertiary/aromatic N) is 2. The highest BCUT2D eigenvalue weighted by molar-refractivity contribution is 6.33. The van der Waals surface area contributed by atoms with E-state index in [0.717, 1.165) is 29.4 Å². The van der Waals surface area contributed by atoms with Crippen molar-refractivity contribution in [1.29, 1.82) is 0 Å². The van der Waals surface area contributed by atoms with E-state index in [1.807, 2.05) is 6.07 Å². The quantitative estimate of drug-likeness (QED) is 0.839. The molecule has 0 aliphatic carbocycles. The van der Waals surface area contributed by atoms with Crippen LogP contribution in [0.3, 0.4) is 0 Å². The third-order valence-electron chi connectivity index (χ3n) is 5.01. The van der Waals surface area contributed by atoms with E-state index in [-0.39, 0.29) is 0 Å². The van der Waals surface area contributed by atoms with Crippen molar-refractivity contribution in [2.24, 2.45) is 0 Å². The molecule has 0 spiro atoms. The number of hydrogen-bond donors (Lipinski definition) is 2. The van der Waals surface area contributed by atoms with Gasteiger partial charge in [-0.2, -0.15) is 0 Å². The molecule has 2 bridgehead atoms. The van der Waals surface area contributed by atoms with E-state index in [2.05, 4.69) is 27.9 Å². The van der Waals surface area contributed by atoms with Crippen LogP contribution in [0.15, 0.2) is 18.3 Å². The fraction of sp³-hybridized carbons (Fsp3) is 0.562. The first-order chi connectivity index (χ1) is 10.0. The van der Waals surface area contributed by atoms with Crippen LogP contribution in [0.4, 0.5) is 0 Å². The second-order valence-corrected chi connectivity index (χ2v) is 7.04. The number of hydrogen-bond acceptors (Lipinski definition) is 3. The molecule has 0 radical (unpaired) electrons. The molecule has 5 heteroatoms. The van der Waals surface area contributed by atoms with Gasteiger partial charge in [-0.05, 0) is 44.7 Å². The summed E-state index contributed by atoms with van der Waals surface area (Å²) in [5.74, 6) is 0. The number of aromatic nitrogens is 2. The van der Waals surface area contributed by atoms with Gasteiger partial charge < -0.3 is 15.0 Å². The summed E-state index contributed by atoms with van der Waals surface area (Å²) in [5.41, 5.74) is 1.42. The van der Waals surface area contributed by atoms with Crippen LogP contribution >= 0.6 is 11.6 Å². The molecule has 2 aromatic heterocycles. The lowest BCUT2D eigenvalue weighted by molar-refractivity contribution is -0.0206. The molecule has 0 saturated carbocycles. The average Bonchev–Trinajstić information content (AvgIpc) is 2.91. The summed E-state index contributed by atoms with van der Waals surface area (Å²) < 4.78 is 2.13. The van der Waals surface area contributed by atoms with E-state index in [9.17, 15) is 5.11 Å². The number of fused-ring (bicyclic) bond motifs is 3. The van der Waals surface area contributed by atoms with Crippen molar-refractivity contribution >= 4 is 22.5 Å². The van der Waals surface area contributed by atoms with Crippen molar-refractivity contribution in [1.82, 2.24) is 14.9 Å². The highest BCUT2D eigenvalue weighted by Crippen LogP contribution is 2.36. The predicted molar refractivity (Wildman–Crippen MR) is 83.6 cm³/mol. The lowest BCUT2D eigenvalue weighted by Crippen LogP contribution is -2.50. The Balaban J connectivity index is 1.72. The number of aliphatic hydroxyl groups is 1. The molecular weight excluding hydrogens is 286 g/mol. The Labute approximate surface area is 129 Å². The topological polar surface area (TPSA) is 50.1 Å². The Kier molecular flexibility index (Phi) is 3.03. The monoisotopic (exact) mass is 305 g/mol. The van der Waals surface area contributed by atoms with Gasteiger partial charge >= 0.3 is 0 Å². The van der Waals surface area contributed by atoms with Crippen LogP contribution in [0, 0.1) is 6.92 Å². The minimum atomic E-state index is -0.646. The van der Waals surface area contributed by atoms with E-state index in [0.29, 0.717) is 23.8 Å². The normalized spacial score (nSPS) is 32.0. The maximum Gasteiger partial charge on any atom is 0.153 e. The number of pyridine rings is 1. The highest BCUT2D eigenvalue weighted by Gasteiger charge is 2.42. The molecule has 3 atom stereocenters. The first-order valence-electron chi connectivity index (χ1n) is 7.63. The number of rotatable bonds is 2. The third kappa shape index (κ3) is 2.26. The fourth-order valence-electron chi connectivity index (χ4n) is 4.16. The summed E-state index contributed by atoms with van der Waals surface area (Å²) >= 11 is 6.28. The van der Waals surface area contributed by atoms with E-state index in [4.69, 9.17) is 11.6 Å². The first-order valence-corrected chi connectivity index (χ1v) is 8.01. The molecule has 2 aliphatic rings. The molecule has 2 saturated heterocycles. The maximum absolute atomic E-state index is 11.1. The van der Waals surface area contributed by atoms with E-state index >= 15 is 0 Å². The maximum atomic E-state index is 11.1. The van der Waals surface area contributed by atoms with Crippen molar-refractivity contribution in [3.05, 3.63) is 29.2 Å². The van der Waals surface area contributed by atoms with Gasteiger partial charge in [-0.1, -0.05) is 11.6 Å². The predicted octanol–water partition coefficient (Wildman–Crippen LogP) is 2.64. The molecule has 4 heterocycles. The number of piperidine rings is 1. The van der Waals surface area contributed by atoms with Crippen LogP contribution < -0.4 is 5.32 Å². The number of halogens is 1. The van der Waals surface area contributed by atoms with Gasteiger partial charge in [0.2, 0.25) is 0 Å². The van der Waals surface area contributed by atoms with Crippen molar-refractivity contribution in [3.63, 3.8) is 0 Å². The van der Waals surface area contributed by atoms with Crippen LogP contribution in [-0.4, -0.2) is 32.3 Å². The van der Waals surface area contributed by atoms with Gasteiger partial charge in [0.05, 0.1) is 17.7 Å². The molecule has 1 unspecified atom stereocenters. The van der Waals surface area contributed by atoms with Gasteiger partial charge in [0.25, 0.3) is 0 Å². The van der Waals surface area contributed by atoms with Crippen LogP contribution in [0.2, 0.25) is 5.15 Å². The molecular formula is C16H20ClN3O. The standard InChI is InChI=1S/C16H20ClN3O/c1-10-6-11-4-5-18-15(17)14(11)20(10)9-16(21)7-12-2-3-13(8-16)19-12/h4-6,12-13,19,21H,2-3,7-9H2,1H3/t12-,13+,16?. The Morgan fingerprint density at radius 2 is 2.14 bits per heavy atom. The molecule has 4 rings (SSSR count). The van der Waals surface area contributed by atoms with Gasteiger partial charge in [0.1, 0.15) is 0 Å². The van der Waals surface area contributed by atoms with Gasteiger partial charge in [0, 0.05) is 29.4 Å². The van der Waals surface area contributed by atoms with Crippen molar-refractivity contribution < 1.29 is 5.11 Å². The second-order valence-electron chi connectivity index (χ2n) is 6.68. The van der Waals surface area contributed by atoms with Crippen molar-refractivity contribution in [2.45, 2.75) is 56.8 Å². The zero-order valence-electron chi connectivity index (χ0n) is 12.1. The Morgan fingerprint density at radius 3 is 2.86 bits per heavy atom. The van der Waals surface area contributed by atoms with Crippen LogP contribution in [-0.2, 0) is 6.54 Å². The number of aryl methyl sites for hydroxylation is 1. The first kappa shape index (κ1) is 13.6. The Bertz CT molecular complexity index is 684. The highest BCUT2D eigenvalue weighted by atomic mass is 35.5. The van der Waals surface area contributed by atoms with Gasteiger partial charge in [-0.3, -0.25) is 0 Å². The van der Waals surface area contributed by atoms with Crippen LogP contribution in [0.1, 0.15) is 31.4 Å². The molecule has 0 amide bonds. The summed E-state index contributed by atoms with van der Waals surface area (Å²) in [4.78, 5) is 4.19. The Morgan fingerprint density at radius 1 is 1.43 bits per heavy atom. The zero-order chi connectivity index (χ0) is 14.6. The molecule has 112 valence electrons. The molecule has 2 aliphatic heterocycles. The molecule has 2 aromatic rings. The lowest BCUT2D eigenvalue weighted by Gasteiger charge is -2.37.